The van der Waals surface area contributed by atoms with Crippen LogP contribution in [0.2, 0.25) is 0 Å². The van der Waals surface area contributed by atoms with Crippen molar-refractivity contribution in [1.29, 1.82) is 0 Å². The van der Waals surface area contributed by atoms with Crippen LogP contribution in [-0.4, -0.2) is 34.2 Å². The van der Waals surface area contributed by atoms with Crippen LogP contribution < -0.4 is 10.2 Å². The molecule has 7 heteroatoms. The maximum Gasteiger partial charge on any atom is 0.262 e. The fourth-order valence-corrected chi connectivity index (χ4v) is 3.91. The Bertz CT molecular complexity index is 896. The lowest BCUT2D eigenvalue weighted by atomic mass is 10.2. The minimum Gasteiger partial charge on any atom is -0.339 e. The number of carbonyl (C=O) groups is 2. The minimum atomic E-state index is -0.483. The lowest BCUT2D eigenvalue weighted by Gasteiger charge is -2.14. The number of thiophene rings is 1. The molecule has 0 radical (unpaired) electrons. The molecule has 1 aliphatic heterocycles. The summed E-state index contributed by atoms with van der Waals surface area (Å²) in [5.41, 5.74) is 0.765. The van der Waals surface area contributed by atoms with Crippen LogP contribution in [0.25, 0.3) is 10.1 Å². The summed E-state index contributed by atoms with van der Waals surface area (Å²) in [7, 11) is 1.81. The van der Waals surface area contributed by atoms with Gasteiger partial charge < -0.3 is 10.2 Å². The van der Waals surface area contributed by atoms with Gasteiger partial charge in [-0.3, -0.25) is 14.3 Å². The van der Waals surface area contributed by atoms with Gasteiger partial charge in [-0.1, -0.05) is 18.2 Å². The maximum atomic E-state index is 12.5. The minimum absolute atomic E-state index is 0.0857. The van der Waals surface area contributed by atoms with Gasteiger partial charge in [0.2, 0.25) is 5.91 Å². The summed E-state index contributed by atoms with van der Waals surface area (Å²) in [6, 6.07) is 9.25. The highest BCUT2D eigenvalue weighted by molar-refractivity contribution is 7.20. The molecule has 2 aromatic heterocycles. The molecular formula is C17H16N4O2S. The molecule has 1 aromatic carbocycles. The van der Waals surface area contributed by atoms with Crippen molar-refractivity contribution in [1.82, 2.24) is 15.1 Å². The van der Waals surface area contributed by atoms with E-state index in [0.29, 0.717) is 17.8 Å². The zero-order valence-corrected chi connectivity index (χ0v) is 13.9. The van der Waals surface area contributed by atoms with Crippen LogP contribution in [0, 0.1) is 0 Å². The van der Waals surface area contributed by atoms with Crippen molar-refractivity contribution >= 4 is 38.9 Å². The van der Waals surface area contributed by atoms with Gasteiger partial charge in [-0.2, -0.15) is 5.10 Å². The fraction of sp³-hybridized carbons (Fsp3) is 0.235. The number of anilines is 1. The Morgan fingerprint density at radius 2 is 2.21 bits per heavy atom. The monoisotopic (exact) mass is 340 g/mol. The Balaban J connectivity index is 1.49. The Hall–Kier alpha value is -2.67. The van der Waals surface area contributed by atoms with E-state index in [4.69, 9.17) is 0 Å². The van der Waals surface area contributed by atoms with Gasteiger partial charge in [-0.25, -0.2) is 0 Å². The van der Waals surface area contributed by atoms with E-state index in [1.807, 2.05) is 37.4 Å². The van der Waals surface area contributed by atoms with E-state index in [2.05, 4.69) is 10.4 Å². The van der Waals surface area contributed by atoms with Gasteiger partial charge in [0.25, 0.3) is 5.91 Å². The lowest BCUT2D eigenvalue weighted by Crippen LogP contribution is -2.41. The number of nitrogens with one attached hydrogen (secondary N) is 1. The molecule has 1 N–H and O–H groups in total. The molecule has 6 nitrogen and oxygen atoms in total. The number of nitrogens with zero attached hydrogens (tertiary/aromatic N) is 3. The number of fused-ring (bicyclic) bond motifs is 1. The standard InChI is InChI=1S/C17H16N4O2S/c1-20-10-12(9-18-20)21-7-6-13(17(21)23)19-16(22)15-8-11-4-2-3-5-14(11)24-15/h2-5,8-10,13H,6-7H2,1H3,(H,19,22). The van der Waals surface area contributed by atoms with E-state index in [9.17, 15) is 9.59 Å². The quantitative estimate of drug-likeness (QED) is 0.794. The van der Waals surface area contributed by atoms with E-state index in [1.165, 1.54) is 11.3 Å². The van der Waals surface area contributed by atoms with E-state index in [1.54, 1.807) is 22.0 Å². The number of aromatic nitrogens is 2. The number of carbonyl (C=O) groups excluding carboxylic acids is 2. The summed E-state index contributed by atoms with van der Waals surface area (Å²) in [4.78, 5) is 27.3. The summed E-state index contributed by atoms with van der Waals surface area (Å²) in [5, 5.41) is 8.00. The number of hydrogen-bond donors (Lipinski definition) is 1. The van der Waals surface area contributed by atoms with Crippen molar-refractivity contribution < 1.29 is 9.59 Å². The third-order valence-electron chi connectivity index (χ3n) is 4.16. The normalized spacial score (nSPS) is 17.6. The fourth-order valence-electron chi connectivity index (χ4n) is 2.94. The summed E-state index contributed by atoms with van der Waals surface area (Å²) in [6.07, 6.45) is 4.06. The van der Waals surface area contributed by atoms with Crippen molar-refractivity contribution in [2.75, 3.05) is 11.4 Å². The van der Waals surface area contributed by atoms with E-state index >= 15 is 0 Å². The van der Waals surface area contributed by atoms with Crippen molar-refractivity contribution in [2.45, 2.75) is 12.5 Å². The van der Waals surface area contributed by atoms with Gasteiger partial charge in [-0.05, 0) is 23.9 Å². The Morgan fingerprint density at radius 1 is 1.38 bits per heavy atom. The Labute approximate surface area is 142 Å². The number of hydrogen-bond acceptors (Lipinski definition) is 4. The first-order valence-corrected chi connectivity index (χ1v) is 8.53. The van der Waals surface area contributed by atoms with Gasteiger partial charge in [0.05, 0.1) is 16.8 Å². The first-order valence-electron chi connectivity index (χ1n) is 7.71. The van der Waals surface area contributed by atoms with Crippen molar-refractivity contribution in [3.05, 3.63) is 47.6 Å². The predicted octanol–water partition coefficient (Wildman–Crippen LogP) is 2.17. The zero-order chi connectivity index (χ0) is 16.7. The first kappa shape index (κ1) is 14.9. The van der Waals surface area contributed by atoms with Gasteiger partial charge in [0, 0.05) is 24.5 Å². The molecule has 0 bridgehead atoms. The molecule has 2 amide bonds. The van der Waals surface area contributed by atoms with E-state index < -0.39 is 6.04 Å². The van der Waals surface area contributed by atoms with Crippen LogP contribution in [0.1, 0.15) is 16.1 Å². The van der Waals surface area contributed by atoms with Crippen molar-refractivity contribution in [3.8, 4) is 0 Å². The highest BCUT2D eigenvalue weighted by atomic mass is 32.1. The summed E-state index contributed by atoms with van der Waals surface area (Å²) in [6.45, 7) is 0.585. The molecule has 122 valence electrons. The van der Waals surface area contributed by atoms with Gasteiger partial charge in [0.15, 0.2) is 0 Å². The van der Waals surface area contributed by atoms with Crippen molar-refractivity contribution in [2.24, 2.45) is 7.05 Å². The molecular weight excluding hydrogens is 324 g/mol. The van der Waals surface area contributed by atoms with Gasteiger partial charge in [0.1, 0.15) is 6.04 Å². The van der Waals surface area contributed by atoms with Gasteiger partial charge >= 0.3 is 0 Å². The number of amides is 2. The second kappa shape index (κ2) is 5.76. The van der Waals surface area contributed by atoms with Gasteiger partial charge in [-0.15, -0.1) is 11.3 Å². The predicted molar refractivity (Wildman–Crippen MR) is 93.3 cm³/mol. The average molecular weight is 340 g/mol. The number of rotatable bonds is 3. The second-order valence-corrected chi connectivity index (χ2v) is 6.91. The summed E-state index contributed by atoms with van der Waals surface area (Å²) < 4.78 is 2.73. The molecule has 3 heterocycles. The summed E-state index contributed by atoms with van der Waals surface area (Å²) in [5.74, 6) is -0.278. The van der Waals surface area contributed by atoms with E-state index in [-0.39, 0.29) is 11.8 Å². The smallest absolute Gasteiger partial charge is 0.262 e. The molecule has 1 saturated heterocycles. The lowest BCUT2D eigenvalue weighted by molar-refractivity contribution is -0.118. The molecule has 1 aliphatic rings. The number of aryl methyl sites for hydroxylation is 1. The maximum absolute atomic E-state index is 12.5. The molecule has 1 unspecified atom stereocenters. The highest BCUT2D eigenvalue weighted by Gasteiger charge is 2.34. The van der Waals surface area contributed by atoms with Crippen LogP contribution in [0.4, 0.5) is 5.69 Å². The average Bonchev–Trinajstić information content (AvgIpc) is 3.27. The molecule has 1 fully saturated rings. The molecule has 4 rings (SSSR count). The molecule has 24 heavy (non-hydrogen) atoms. The third kappa shape index (κ3) is 2.56. The van der Waals surface area contributed by atoms with Crippen LogP contribution in [0.3, 0.4) is 0 Å². The van der Waals surface area contributed by atoms with Crippen LogP contribution in [-0.2, 0) is 11.8 Å². The molecule has 3 aromatic rings. The molecule has 0 saturated carbocycles. The molecule has 0 spiro atoms. The SMILES string of the molecule is Cn1cc(N2CCC(NC(=O)c3cc4ccccc4s3)C2=O)cn1. The van der Waals surface area contributed by atoms with Crippen LogP contribution in [0.5, 0.6) is 0 Å². The second-order valence-electron chi connectivity index (χ2n) is 5.83. The van der Waals surface area contributed by atoms with E-state index in [0.717, 1.165) is 15.8 Å². The summed E-state index contributed by atoms with van der Waals surface area (Å²) >= 11 is 1.44. The third-order valence-corrected chi connectivity index (χ3v) is 5.28. The Morgan fingerprint density at radius 3 is 2.96 bits per heavy atom. The van der Waals surface area contributed by atoms with Crippen LogP contribution >= 0.6 is 11.3 Å². The van der Waals surface area contributed by atoms with Crippen LogP contribution in [0.15, 0.2) is 42.7 Å². The highest BCUT2D eigenvalue weighted by Crippen LogP contribution is 2.26. The Kier molecular flexibility index (Phi) is 3.57. The topological polar surface area (TPSA) is 67.2 Å². The zero-order valence-electron chi connectivity index (χ0n) is 13.1. The number of benzene rings is 1. The van der Waals surface area contributed by atoms with Crippen molar-refractivity contribution in [3.63, 3.8) is 0 Å². The largest absolute Gasteiger partial charge is 0.339 e. The first-order chi connectivity index (χ1) is 11.6. The molecule has 1 atom stereocenters. The molecule has 0 aliphatic carbocycles.